The van der Waals surface area contributed by atoms with E-state index in [1.165, 1.54) is 0 Å². The lowest BCUT2D eigenvalue weighted by molar-refractivity contribution is 0.126. The van der Waals surface area contributed by atoms with Crippen LogP contribution in [0.1, 0.15) is 39.9 Å². The Balaban J connectivity index is 1.29. The molecule has 0 fully saturated rings. The average molecular weight is 504 g/mol. The van der Waals surface area contributed by atoms with Crippen LogP contribution < -0.4 is 4.74 Å². The molecule has 1 atom stereocenters. The lowest BCUT2D eigenvalue weighted by atomic mass is 9.88. The Morgan fingerprint density at radius 3 is 2.58 bits per heavy atom. The minimum atomic E-state index is -0.341. The zero-order valence-corrected chi connectivity index (χ0v) is 20.3. The van der Waals surface area contributed by atoms with E-state index >= 15 is 0 Å². The smallest absolute Gasteiger partial charge is 0.230 e. The maximum absolute atomic E-state index is 6.39. The second-order valence-corrected chi connectivity index (χ2v) is 8.78. The molecule has 0 amide bonds. The molecule has 0 aliphatic carbocycles. The number of oxime groups is 1. The lowest BCUT2D eigenvalue weighted by Gasteiger charge is -2.24. The fourth-order valence-electron chi connectivity index (χ4n) is 4.70. The summed E-state index contributed by atoms with van der Waals surface area (Å²) >= 11 is 0. The van der Waals surface area contributed by atoms with Gasteiger partial charge in [-0.1, -0.05) is 53.7 Å². The first kappa shape index (κ1) is 22.0. The Hall–Kier alpha value is -5.25. The quantitative estimate of drug-likeness (QED) is 0.231. The van der Waals surface area contributed by atoms with Crippen LogP contribution in [-0.4, -0.2) is 35.6 Å². The Kier molecular flexibility index (Phi) is 5.21. The molecule has 1 aliphatic heterocycles. The maximum atomic E-state index is 6.39. The van der Waals surface area contributed by atoms with Crippen LogP contribution in [0, 0.1) is 6.92 Å². The molecule has 10 nitrogen and oxygen atoms in total. The highest BCUT2D eigenvalue weighted by molar-refractivity contribution is 5.78. The third-order valence-electron chi connectivity index (χ3n) is 6.36. The van der Waals surface area contributed by atoms with Gasteiger partial charge in [-0.3, -0.25) is 0 Å². The number of hydrogen-bond donors (Lipinski definition) is 0. The van der Waals surface area contributed by atoms with Gasteiger partial charge in [-0.2, -0.15) is 5.10 Å². The van der Waals surface area contributed by atoms with E-state index in [1.54, 1.807) is 28.0 Å². The van der Waals surface area contributed by atoms with Gasteiger partial charge in [-0.25, -0.2) is 19.2 Å². The average Bonchev–Trinajstić information content (AvgIpc) is 3.70. The van der Waals surface area contributed by atoms with E-state index in [0.29, 0.717) is 23.2 Å². The Morgan fingerprint density at radius 2 is 1.79 bits per heavy atom. The highest BCUT2D eigenvalue weighted by Gasteiger charge is 2.39. The van der Waals surface area contributed by atoms with E-state index in [-0.39, 0.29) is 12.5 Å². The summed E-state index contributed by atoms with van der Waals surface area (Å²) in [4.78, 5) is 14.8. The van der Waals surface area contributed by atoms with E-state index < -0.39 is 0 Å². The zero-order valence-electron chi connectivity index (χ0n) is 20.3. The summed E-state index contributed by atoms with van der Waals surface area (Å²) in [6.45, 7) is 2.06. The van der Waals surface area contributed by atoms with Crippen molar-refractivity contribution in [3.63, 3.8) is 0 Å². The number of rotatable bonds is 6. The molecule has 0 radical (unpaired) electrons. The van der Waals surface area contributed by atoms with Crippen LogP contribution in [0.4, 0.5) is 0 Å². The summed E-state index contributed by atoms with van der Waals surface area (Å²) in [6.07, 6.45) is 4.88. The molecule has 0 spiro atoms. The zero-order chi connectivity index (χ0) is 25.5. The van der Waals surface area contributed by atoms with Gasteiger partial charge in [0.15, 0.2) is 18.1 Å². The summed E-state index contributed by atoms with van der Waals surface area (Å²) in [5, 5.41) is 13.4. The van der Waals surface area contributed by atoms with Crippen molar-refractivity contribution in [2.75, 3.05) is 0 Å². The predicted octanol–water partition coefficient (Wildman–Crippen LogP) is 5.05. The molecule has 2 aromatic carbocycles. The molecule has 6 aromatic rings. The van der Waals surface area contributed by atoms with Crippen molar-refractivity contribution in [1.29, 1.82) is 0 Å². The van der Waals surface area contributed by atoms with E-state index in [0.717, 1.165) is 33.8 Å². The summed E-state index contributed by atoms with van der Waals surface area (Å²) in [6, 6.07) is 23.4. The van der Waals surface area contributed by atoms with Gasteiger partial charge in [0.05, 0.1) is 40.9 Å². The van der Waals surface area contributed by atoms with Crippen LogP contribution in [0.2, 0.25) is 0 Å². The van der Waals surface area contributed by atoms with Crippen molar-refractivity contribution in [2.45, 2.75) is 19.4 Å². The Bertz CT molecular complexity index is 1760. The maximum Gasteiger partial charge on any atom is 0.230 e. The molecule has 0 N–H and O–H groups in total. The normalized spacial score (nSPS) is 14.4. The van der Waals surface area contributed by atoms with E-state index in [4.69, 9.17) is 24.1 Å². The number of para-hydroxylation sites is 1. The second-order valence-electron chi connectivity index (χ2n) is 8.78. The fourth-order valence-corrected chi connectivity index (χ4v) is 4.70. The number of benzene rings is 2. The first-order valence-corrected chi connectivity index (χ1v) is 12.1. The third kappa shape index (κ3) is 3.70. The second kappa shape index (κ2) is 9.00. The highest BCUT2D eigenvalue weighted by Crippen LogP contribution is 2.49. The fraction of sp³-hybridized carbons (Fsp3) is 0.107. The van der Waals surface area contributed by atoms with Crippen LogP contribution in [-0.2, 0) is 11.4 Å². The number of nitrogens with zero attached hydrogens (tertiary/aromatic N) is 7. The van der Waals surface area contributed by atoms with Crippen LogP contribution in [0.5, 0.6) is 11.8 Å². The molecule has 186 valence electrons. The van der Waals surface area contributed by atoms with Gasteiger partial charge in [-0.05, 0) is 36.8 Å². The summed E-state index contributed by atoms with van der Waals surface area (Å²) in [7, 11) is 0. The third-order valence-corrected chi connectivity index (χ3v) is 6.36. The van der Waals surface area contributed by atoms with Gasteiger partial charge in [0.1, 0.15) is 12.1 Å². The van der Waals surface area contributed by atoms with E-state index in [9.17, 15) is 0 Å². The first-order chi connectivity index (χ1) is 18.8. The SMILES string of the molecule is Cc1nn(-c2ccccc2)c2c1C(c1ccco1)c1c(ncn3nc(CON=Cc4ccccc4)nc13)O2. The highest BCUT2D eigenvalue weighted by atomic mass is 16.6. The number of fused-ring (bicyclic) bond motifs is 4. The van der Waals surface area contributed by atoms with Crippen LogP contribution in [0.15, 0.2) is 95.0 Å². The molecule has 38 heavy (non-hydrogen) atoms. The predicted molar refractivity (Wildman–Crippen MR) is 138 cm³/mol. The lowest BCUT2D eigenvalue weighted by Crippen LogP contribution is -2.15. The van der Waals surface area contributed by atoms with E-state index in [2.05, 4.69) is 15.2 Å². The van der Waals surface area contributed by atoms with Gasteiger partial charge in [0, 0.05) is 0 Å². The van der Waals surface area contributed by atoms with Crippen molar-refractivity contribution in [1.82, 2.24) is 29.4 Å². The van der Waals surface area contributed by atoms with Gasteiger partial charge in [-0.15, -0.1) is 5.10 Å². The molecule has 0 bridgehead atoms. The van der Waals surface area contributed by atoms with Crippen molar-refractivity contribution >= 4 is 11.9 Å². The van der Waals surface area contributed by atoms with Crippen molar-refractivity contribution in [3.05, 3.63) is 119 Å². The molecular formula is C28H21N7O3. The first-order valence-electron chi connectivity index (χ1n) is 12.1. The topological polar surface area (TPSA) is 105 Å². The van der Waals surface area contributed by atoms with Gasteiger partial charge < -0.3 is 14.0 Å². The molecule has 10 heteroatoms. The number of aromatic nitrogens is 6. The van der Waals surface area contributed by atoms with Crippen molar-refractivity contribution < 1.29 is 14.0 Å². The molecule has 1 aliphatic rings. The molecule has 5 heterocycles. The molecule has 0 saturated heterocycles. The summed E-state index contributed by atoms with van der Waals surface area (Å²) < 4.78 is 15.7. The Morgan fingerprint density at radius 1 is 0.974 bits per heavy atom. The minimum Gasteiger partial charge on any atom is -0.468 e. The number of hydrogen-bond acceptors (Lipinski definition) is 8. The van der Waals surface area contributed by atoms with Crippen molar-refractivity contribution in [3.8, 4) is 17.4 Å². The summed E-state index contributed by atoms with van der Waals surface area (Å²) in [5.74, 6) is 1.87. The minimum absolute atomic E-state index is 0.0995. The standard InChI is InChI=1S/C28H21N7O3/c1-18-23-24(21-13-8-14-36-21)25-26-31-22(16-37-30-15-19-9-4-2-5-10-19)33-34(26)17-29-27(25)38-28(23)35(32-18)20-11-6-3-7-12-20/h2-15,17,24H,16H2,1H3. The van der Waals surface area contributed by atoms with Gasteiger partial charge >= 0.3 is 0 Å². The molecular weight excluding hydrogens is 482 g/mol. The van der Waals surface area contributed by atoms with Crippen LogP contribution in [0.3, 0.4) is 0 Å². The van der Waals surface area contributed by atoms with Gasteiger partial charge in [0.25, 0.3) is 0 Å². The number of aryl methyl sites for hydroxylation is 1. The monoisotopic (exact) mass is 503 g/mol. The van der Waals surface area contributed by atoms with Gasteiger partial charge in [0.2, 0.25) is 11.8 Å². The van der Waals surface area contributed by atoms with Crippen LogP contribution >= 0.6 is 0 Å². The molecule has 4 aromatic heterocycles. The van der Waals surface area contributed by atoms with Crippen LogP contribution in [0.25, 0.3) is 11.3 Å². The number of furan rings is 1. The largest absolute Gasteiger partial charge is 0.468 e. The summed E-state index contributed by atoms with van der Waals surface area (Å²) in [5.41, 5.74) is 4.87. The van der Waals surface area contributed by atoms with Crippen molar-refractivity contribution in [2.24, 2.45) is 5.16 Å². The molecule has 7 rings (SSSR count). The molecule has 1 unspecified atom stereocenters. The Labute approximate surface area is 216 Å². The number of ether oxygens (including phenoxy) is 1. The van der Waals surface area contributed by atoms with E-state index in [1.807, 2.05) is 79.7 Å². The molecule has 0 saturated carbocycles.